The molecule has 2 N–H and O–H groups in total. The average Bonchev–Trinajstić information content (AvgIpc) is 2.03. The molecule has 0 aromatic rings. The Balaban J connectivity index is 2.22. The molecule has 1 saturated heterocycles. The normalized spacial score (nSPS) is 37.7. The molecule has 0 aromatic heterocycles. The average molecular weight is 153 g/mol. The van der Waals surface area contributed by atoms with Gasteiger partial charge in [0.15, 0.2) is 0 Å². The van der Waals surface area contributed by atoms with Gasteiger partial charge in [0.25, 0.3) is 0 Å². The van der Waals surface area contributed by atoms with Crippen molar-refractivity contribution in [3.63, 3.8) is 0 Å². The molecule has 0 bridgehead atoms. The first-order valence-electron chi connectivity index (χ1n) is 4.44. The Bertz CT molecular complexity index is 188. The van der Waals surface area contributed by atoms with Crippen LogP contribution in [0.2, 0.25) is 0 Å². The van der Waals surface area contributed by atoms with E-state index >= 15 is 0 Å². The highest BCUT2D eigenvalue weighted by atomic mass is 16.3. The summed E-state index contributed by atoms with van der Waals surface area (Å²) in [7, 11) is 0. The molecule has 1 heterocycles. The number of hydrogen-bond acceptors (Lipinski definition) is 2. The molecule has 2 heteroatoms. The van der Waals surface area contributed by atoms with Crippen molar-refractivity contribution < 1.29 is 5.11 Å². The summed E-state index contributed by atoms with van der Waals surface area (Å²) in [4.78, 5) is 0. The van der Waals surface area contributed by atoms with Gasteiger partial charge in [-0.1, -0.05) is 6.08 Å². The minimum atomic E-state index is -0.427. The largest absolute Gasteiger partial charge is 0.385 e. The summed E-state index contributed by atoms with van der Waals surface area (Å²) in [5.41, 5.74) is 0.804. The summed E-state index contributed by atoms with van der Waals surface area (Å²) >= 11 is 0. The molecule has 2 aliphatic rings. The Hall–Kier alpha value is -0.340. The second-order valence-electron chi connectivity index (χ2n) is 3.58. The van der Waals surface area contributed by atoms with Gasteiger partial charge in [0.2, 0.25) is 0 Å². The zero-order valence-corrected chi connectivity index (χ0v) is 6.77. The van der Waals surface area contributed by atoms with Crippen LogP contribution in [0.5, 0.6) is 0 Å². The molecule has 1 aliphatic heterocycles. The van der Waals surface area contributed by atoms with E-state index in [0.29, 0.717) is 0 Å². The van der Waals surface area contributed by atoms with E-state index in [1.54, 1.807) is 0 Å². The lowest BCUT2D eigenvalue weighted by Gasteiger charge is -2.38. The molecule has 0 radical (unpaired) electrons. The van der Waals surface area contributed by atoms with Crippen LogP contribution in [-0.2, 0) is 0 Å². The Labute approximate surface area is 67.3 Å². The maximum absolute atomic E-state index is 10.1. The molecule has 0 spiro atoms. The molecule has 1 fully saturated rings. The molecule has 1 atom stereocenters. The van der Waals surface area contributed by atoms with Crippen LogP contribution in [0.15, 0.2) is 11.6 Å². The third kappa shape index (κ3) is 1.21. The molecule has 0 saturated carbocycles. The predicted octanol–water partition coefficient (Wildman–Crippen LogP) is 0.821. The molecular weight excluding hydrogens is 138 g/mol. The SMILES string of the molecule is OC12CCCC=C1CNCC2. The van der Waals surface area contributed by atoms with Crippen molar-refractivity contribution in [1.82, 2.24) is 5.32 Å². The number of fused-ring (bicyclic) bond motifs is 1. The molecule has 0 aromatic carbocycles. The monoisotopic (exact) mass is 153 g/mol. The van der Waals surface area contributed by atoms with Crippen LogP contribution in [0.4, 0.5) is 0 Å². The van der Waals surface area contributed by atoms with Crippen LogP contribution in [0, 0.1) is 0 Å². The Morgan fingerprint density at radius 1 is 1.45 bits per heavy atom. The molecule has 62 valence electrons. The third-order valence-corrected chi connectivity index (χ3v) is 2.81. The molecule has 11 heavy (non-hydrogen) atoms. The first kappa shape index (κ1) is 7.32. The summed E-state index contributed by atoms with van der Waals surface area (Å²) in [6, 6.07) is 0. The van der Waals surface area contributed by atoms with Gasteiger partial charge in [0.05, 0.1) is 5.60 Å². The van der Waals surface area contributed by atoms with Crippen LogP contribution in [0.1, 0.15) is 25.7 Å². The number of aliphatic hydroxyl groups is 1. The van der Waals surface area contributed by atoms with Crippen LogP contribution in [-0.4, -0.2) is 23.8 Å². The maximum atomic E-state index is 10.1. The van der Waals surface area contributed by atoms with Crippen molar-refractivity contribution in [1.29, 1.82) is 0 Å². The number of allylic oxidation sites excluding steroid dienone is 1. The van der Waals surface area contributed by atoms with Crippen LogP contribution < -0.4 is 5.32 Å². The van der Waals surface area contributed by atoms with E-state index in [1.807, 2.05) is 0 Å². The second kappa shape index (κ2) is 2.61. The van der Waals surface area contributed by atoms with E-state index < -0.39 is 5.60 Å². The van der Waals surface area contributed by atoms with Crippen molar-refractivity contribution in [2.24, 2.45) is 0 Å². The molecule has 0 amide bonds. The minimum absolute atomic E-state index is 0.427. The van der Waals surface area contributed by atoms with Gasteiger partial charge in [-0.05, 0) is 37.8 Å². The van der Waals surface area contributed by atoms with Crippen LogP contribution >= 0.6 is 0 Å². The van der Waals surface area contributed by atoms with Crippen molar-refractivity contribution in [2.75, 3.05) is 13.1 Å². The quantitative estimate of drug-likeness (QED) is 0.505. The van der Waals surface area contributed by atoms with Gasteiger partial charge in [-0.2, -0.15) is 0 Å². The lowest BCUT2D eigenvalue weighted by atomic mass is 9.79. The smallest absolute Gasteiger partial charge is 0.0881 e. The molecule has 1 aliphatic carbocycles. The van der Waals surface area contributed by atoms with E-state index in [1.165, 1.54) is 5.57 Å². The predicted molar refractivity (Wildman–Crippen MR) is 44.4 cm³/mol. The zero-order valence-electron chi connectivity index (χ0n) is 6.77. The minimum Gasteiger partial charge on any atom is -0.385 e. The Morgan fingerprint density at radius 2 is 2.36 bits per heavy atom. The maximum Gasteiger partial charge on any atom is 0.0881 e. The number of rotatable bonds is 0. The molecule has 1 unspecified atom stereocenters. The van der Waals surface area contributed by atoms with Crippen molar-refractivity contribution >= 4 is 0 Å². The Morgan fingerprint density at radius 3 is 3.18 bits per heavy atom. The van der Waals surface area contributed by atoms with Gasteiger partial charge in [-0.25, -0.2) is 0 Å². The van der Waals surface area contributed by atoms with E-state index in [4.69, 9.17) is 0 Å². The van der Waals surface area contributed by atoms with Crippen molar-refractivity contribution in [2.45, 2.75) is 31.3 Å². The van der Waals surface area contributed by atoms with Gasteiger partial charge >= 0.3 is 0 Å². The fraction of sp³-hybridized carbons (Fsp3) is 0.778. The standard InChI is InChI=1S/C9H15NO/c11-9-4-2-1-3-8(9)7-10-6-5-9/h3,10-11H,1-2,4-7H2. The van der Waals surface area contributed by atoms with E-state index in [9.17, 15) is 5.11 Å². The van der Waals surface area contributed by atoms with E-state index in [-0.39, 0.29) is 0 Å². The first-order chi connectivity index (χ1) is 5.31. The highest BCUT2D eigenvalue weighted by molar-refractivity contribution is 5.23. The topological polar surface area (TPSA) is 32.3 Å². The van der Waals surface area contributed by atoms with Gasteiger partial charge in [-0.15, -0.1) is 0 Å². The highest BCUT2D eigenvalue weighted by Crippen LogP contribution is 2.33. The lowest BCUT2D eigenvalue weighted by molar-refractivity contribution is 0.0410. The van der Waals surface area contributed by atoms with E-state index in [2.05, 4.69) is 11.4 Å². The molecule has 2 nitrogen and oxygen atoms in total. The summed E-state index contributed by atoms with van der Waals surface area (Å²) in [6.45, 7) is 1.87. The number of hydrogen-bond donors (Lipinski definition) is 2. The zero-order chi connectivity index (χ0) is 7.73. The van der Waals surface area contributed by atoms with Crippen molar-refractivity contribution in [3.8, 4) is 0 Å². The summed E-state index contributed by atoms with van der Waals surface area (Å²) in [5.74, 6) is 0. The van der Waals surface area contributed by atoms with Gasteiger partial charge in [0.1, 0.15) is 0 Å². The van der Waals surface area contributed by atoms with Gasteiger partial charge < -0.3 is 10.4 Å². The third-order valence-electron chi connectivity index (χ3n) is 2.81. The summed E-state index contributed by atoms with van der Waals surface area (Å²) < 4.78 is 0. The fourth-order valence-corrected chi connectivity index (χ4v) is 2.06. The highest BCUT2D eigenvalue weighted by Gasteiger charge is 2.34. The molecule has 2 rings (SSSR count). The van der Waals surface area contributed by atoms with Crippen LogP contribution in [0.3, 0.4) is 0 Å². The second-order valence-corrected chi connectivity index (χ2v) is 3.58. The van der Waals surface area contributed by atoms with Crippen molar-refractivity contribution in [3.05, 3.63) is 11.6 Å². The molecular formula is C9H15NO. The van der Waals surface area contributed by atoms with E-state index in [0.717, 1.165) is 38.8 Å². The van der Waals surface area contributed by atoms with Crippen LogP contribution in [0.25, 0.3) is 0 Å². The Kier molecular flexibility index (Phi) is 1.74. The summed E-state index contributed by atoms with van der Waals surface area (Å²) in [6.07, 6.45) is 6.38. The lowest BCUT2D eigenvalue weighted by Crippen LogP contribution is -2.45. The van der Waals surface area contributed by atoms with Gasteiger partial charge in [-0.3, -0.25) is 0 Å². The number of piperidine rings is 1. The first-order valence-corrected chi connectivity index (χ1v) is 4.44. The summed E-state index contributed by atoms with van der Waals surface area (Å²) in [5, 5.41) is 13.4. The number of nitrogens with one attached hydrogen (secondary N) is 1. The van der Waals surface area contributed by atoms with Gasteiger partial charge in [0, 0.05) is 6.54 Å². The fourth-order valence-electron chi connectivity index (χ4n) is 2.06.